The van der Waals surface area contributed by atoms with E-state index in [0.717, 1.165) is 19.3 Å². The molecule has 218 valence electrons. The van der Waals surface area contributed by atoms with E-state index in [1.165, 1.54) is 76.7 Å². The van der Waals surface area contributed by atoms with Crippen molar-refractivity contribution in [3.63, 3.8) is 0 Å². The van der Waals surface area contributed by atoms with Crippen LogP contribution in [-0.4, -0.2) is 67.8 Å². The number of unbranched alkanes of at least 4 members (excludes halogenated alkanes) is 14. The maximum atomic E-state index is 12.0. The molecule has 0 fully saturated rings. The number of aliphatic hydroxyl groups excluding tert-OH is 1. The monoisotopic (exact) mass is 572 g/mol. The minimum atomic E-state index is -5.14. The van der Waals surface area contributed by atoms with Gasteiger partial charge in [-0.15, -0.1) is 6.58 Å². The van der Waals surface area contributed by atoms with Gasteiger partial charge in [-0.1, -0.05) is 103 Å². The number of carbonyl (C=O) groups is 2. The third-order valence-corrected chi connectivity index (χ3v) is 6.99. The molecule has 0 aromatic carbocycles. The molecule has 0 bridgehead atoms. The maximum absolute atomic E-state index is 12.0. The molecule has 0 aliphatic rings. The van der Waals surface area contributed by atoms with Gasteiger partial charge < -0.3 is 23.9 Å². The quantitative estimate of drug-likeness (QED) is 0.0540. The van der Waals surface area contributed by atoms with Crippen molar-refractivity contribution in [3.05, 3.63) is 12.7 Å². The first-order chi connectivity index (χ1) is 17.7. The van der Waals surface area contributed by atoms with Crippen molar-refractivity contribution < 1.29 is 71.4 Å². The van der Waals surface area contributed by atoms with Crippen molar-refractivity contribution in [3.8, 4) is 0 Å². The minimum absolute atomic E-state index is 0. The predicted octanol–water partition coefficient (Wildman–Crippen LogP) is 1.82. The first-order valence-corrected chi connectivity index (χ1v) is 15.3. The van der Waals surface area contributed by atoms with Crippen LogP contribution in [-0.2, 0) is 33.9 Å². The van der Waals surface area contributed by atoms with Crippen molar-refractivity contribution in [2.24, 2.45) is 0 Å². The van der Waals surface area contributed by atoms with Gasteiger partial charge in [-0.25, -0.2) is 8.42 Å². The van der Waals surface area contributed by atoms with Crippen molar-refractivity contribution in [2.45, 2.75) is 121 Å². The molecule has 0 aromatic rings. The molecule has 38 heavy (non-hydrogen) atoms. The summed E-state index contributed by atoms with van der Waals surface area (Å²) in [5, 5.41) is 7.42. The third-order valence-electron chi connectivity index (χ3n) is 5.94. The Bertz CT molecular complexity index is 701. The Hall–Kier alpha value is -0.490. The Kier molecular flexibility index (Phi) is 27.9. The number of hydrogen-bond donors (Lipinski definition) is 1. The number of esters is 2. The fourth-order valence-electron chi connectivity index (χ4n) is 3.78. The van der Waals surface area contributed by atoms with Gasteiger partial charge in [0.2, 0.25) is 0 Å². The molecule has 0 aliphatic heterocycles. The van der Waals surface area contributed by atoms with E-state index >= 15 is 0 Å². The van der Waals surface area contributed by atoms with E-state index in [1.54, 1.807) is 0 Å². The number of hydrogen-bond acceptors (Lipinski definition) is 9. The van der Waals surface area contributed by atoms with Gasteiger partial charge in [0.15, 0.2) is 5.25 Å². The van der Waals surface area contributed by atoms with E-state index in [9.17, 15) is 27.7 Å². The van der Waals surface area contributed by atoms with E-state index in [0.29, 0.717) is 6.42 Å². The zero-order valence-corrected chi connectivity index (χ0v) is 26.5. The molecule has 11 heteroatoms. The topological polar surface area (TPSA) is 139 Å². The summed E-state index contributed by atoms with van der Waals surface area (Å²) >= 11 is 0. The molecule has 9 nitrogen and oxygen atoms in total. The predicted molar refractivity (Wildman–Crippen MR) is 142 cm³/mol. The summed E-state index contributed by atoms with van der Waals surface area (Å²) in [6, 6.07) is 0. The molecular weight excluding hydrogens is 523 g/mol. The molecule has 1 N–H and O–H groups in total. The fourth-order valence-corrected chi connectivity index (χ4v) is 4.42. The third kappa shape index (κ3) is 24.5. The van der Waals surface area contributed by atoms with E-state index < -0.39 is 46.4 Å². The standard InChI is InChI=1S/C27H50O9S.Na/c1-3-5-6-7-8-9-10-11-12-13-14-15-16-17-18-20-35-26(29)21-25(37(31,32)33)27(30)36-23-24(28)22-34-19-4-2;/h4,24-25,28H,2-3,5-23H2,1H3,(H,31,32,33);/q;+1/p-1. The van der Waals surface area contributed by atoms with Crippen LogP contribution in [0.5, 0.6) is 0 Å². The smallest absolute Gasteiger partial charge is 0.747 e. The summed E-state index contributed by atoms with van der Waals surface area (Å²) in [6.45, 7) is 5.20. The molecule has 0 rings (SSSR count). The van der Waals surface area contributed by atoms with Crippen molar-refractivity contribution >= 4 is 22.1 Å². The summed E-state index contributed by atoms with van der Waals surface area (Å²) in [7, 11) is -5.14. The summed E-state index contributed by atoms with van der Waals surface area (Å²) in [5.74, 6) is -2.36. The average molecular weight is 573 g/mol. The van der Waals surface area contributed by atoms with Crippen molar-refractivity contribution in [2.75, 3.05) is 26.4 Å². The summed E-state index contributed by atoms with van der Waals surface area (Å²) in [6.07, 6.45) is 17.4. The molecule has 0 radical (unpaired) electrons. The Labute approximate surface area is 252 Å². The molecule has 0 saturated heterocycles. The first kappa shape index (κ1) is 39.7. The van der Waals surface area contributed by atoms with E-state index in [1.807, 2.05) is 0 Å². The van der Waals surface area contributed by atoms with Gasteiger partial charge in [-0.3, -0.25) is 9.59 Å². The fraction of sp³-hybridized carbons (Fsp3) is 0.852. The second-order valence-corrected chi connectivity index (χ2v) is 11.0. The largest absolute Gasteiger partial charge is 1.00 e. The summed E-state index contributed by atoms with van der Waals surface area (Å²) < 4.78 is 48.9. The van der Waals surface area contributed by atoms with Crippen LogP contribution >= 0.6 is 0 Å². The van der Waals surface area contributed by atoms with Crippen LogP contribution in [0.15, 0.2) is 12.7 Å². The zero-order chi connectivity index (χ0) is 27.8. The molecule has 0 aliphatic carbocycles. The van der Waals surface area contributed by atoms with E-state index in [4.69, 9.17) is 9.47 Å². The molecule has 2 unspecified atom stereocenters. The van der Waals surface area contributed by atoms with Gasteiger partial charge in [-0.2, -0.15) is 0 Å². The van der Waals surface area contributed by atoms with Crippen LogP contribution < -0.4 is 29.6 Å². The van der Waals surface area contributed by atoms with Crippen LogP contribution in [0.2, 0.25) is 0 Å². The number of rotatable bonds is 26. The minimum Gasteiger partial charge on any atom is -0.747 e. The Morgan fingerprint density at radius 1 is 0.842 bits per heavy atom. The Balaban J connectivity index is 0. The number of aliphatic hydroxyl groups is 1. The van der Waals surface area contributed by atoms with Gasteiger partial charge in [0.25, 0.3) is 0 Å². The van der Waals surface area contributed by atoms with Gasteiger partial charge in [0.1, 0.15) is 22.8 Å². The van der Waals surface area contributed by atoms with Crippen LogP contribution in [0.25, 0.3) is 0 Å². The molecule has 0 saturated carbocycles. The number of carbonyl (C=O) groups excluding carboxylic acids is 2. The van der Waals surface area contributed by atoms with E-state index in [-0.39, 0.29) is 49.4 Å². The molecule has 2 atom stereocenters. The molecule has 0 spiro atoms. The van der Waals surface area contributed by atoms with E-state index in [2.05, 4.69) is 18.2 Å². The van der Waals surface area contributed by atoms with Crippen LogP contribution in [0.1, 0.15) is 110 Å². The summed E-state index contributed by atoms with van der Waals surface area (Å²) in [5.41, 5.74) is 0. The molecule has 0 aromatic heterocycles. The molecular formula is C27H49NaO9S. The average Bonchev–Trinajstić information content (AvgIpc) is 2.85. The molecule has 0 heterocycles. The zero-order valence-electron chi connectivity index (χ0n) is 23.7. The Morgan fingerprint density at radius 2 is 1.32 bits per heavy atom. The van der Waals surface area contributed by atoms with Gasteiger partial charge in [-0.05, 0) is 6.42 Å². The first-order valence-electron chi connectivity index (χ1n) is 13.9. The Morgan fingerprint density at radius 3 is 1.76 bits per heavy atom. The van der Waals surface area contributed by atoms with Crippen molar-refractivity contribution in [1.29, 1.82) is 0 Å². The maximum Gasteiger partial charge on any atom is 1.00 e. The summed E-state index contributed by atoms with van der Waals surface area (Å²) in [4.78, 5) is 24.0. The van der Waals surface area contributed by atoms with Crippen LogP contribution in [0.4, 0.5) is 0 Å². The molecule has 0 amide bonds. The van der Waals surface area contributed by atoms with Crippen LogP contribution in [0.3, 0.4) is 0 Å². The SMILES string of the molecule is C=CCOCC(O)COC(=O)C(CC(=O)OCCCCCCCCCCCCCCCCC)S(=O)(=O)[O-].[Na+]. The van der Waals surface area contributed by atoms with Gasteiger partial charge in [0.05, 0.1) is 26.2 Å². The number of ether oxygens (including phenoxy) is 3. The van der Waals surface area contributed by atoms with Gasteiger partial charge >= 0.3 is 41.5 Å². The second-order valence-electron chi connectivity index (χ2n) is 9.47. The van der Waals surface area contributed by atoms with Gasteiger partial charge in [0, 0.05) is 0 Å². The normalized spacial score (nSPS) is 12.8. The second kappa shape index (κ2) is 26.7. The van der Waals surface area contributed by atoms with Crippen LogP contribution in [0, 0.1) is 0 Å². The van der Waals surface area contributed by atoms with Crippen molar-refractivity contribution in [1.82, 2.24) is 0 Å².